The third-order valence-corrected chi connectivity index (χ3v) is 5.59. The molecule has 2 saturated heterocycles. The highest BCUT2D eigenvalue weighted by molar-refractivity contribution is 5.91. The van der Waals surface area contributed by atoms with E-state index in [0.717, 1.165) is 12.1 Å². The van der Waals surface area contributed by atoms with Crippen molar-refractivity contribution in [3.8, 4) is 0 Å². The van der Waals surface area contributed by atoms with Gasteiger partial charge in [0.1, 0.15) is 18.0 Å². The zero-order valence-electron chi connectivity index (χ0n) is 19.6. The quantitative estimate of drug-likeness (QED) is 0.462. The van der Waals surface area contributed by atoms with Gasteiger partial charge in [-0.25, -0.2) is 9.40 Å². The summed E-state index contributed by atoms with van der Waals surface area (Å²) in [6.07, 6.45) is -0.247. The summed E-state index contributed by atoms with van der Waals surface area (Å²) in [4.78, 5) is 50.3. The molecule has 2 aliphatic rings. The van der Waals surface area contributed by atoms with Crippen LogP contribution >= 0.6 is 0 Å². The lowest BCUT2D eigenvalue weighted by atomic mass is 10.0. The lowest BCUT2D eigenvalue weighted by Gasteiger charge is -2.53. The first-order valence-corrected chi connectivity index (χ1v) is 10.9. The van der Waals surface area contributed by atoms with Gasteiger partial charge in [-0.3, -0.25) is 24.2 Å². The summed E-state index contributed by atoms with van der Waals surface area (Å²) < 4.78 is 17.3. The molecule has 1 aromatic rings. The Morgan fingerprint density at radius 2 is 1.97 bits per heavy atom. The van der Waals surface area contributed by atoms with E-state index in [0.29, 0.717) is 19.6 Å². The Balaban J connectivity index is 0.000000340. The summed E-state index contributed by atoms with van der Waals surface area (Å²) in [5, 5.41) is 14.8. The number of hydrogen-bond acceptors (Lipinski definition) is 7. The second-order valence-electron chi connectivity index (χ2n) is 7.96. The molecule has 1 aromatic carbocycles. The summed E-state index contributed by atoms with van der Waals surface area (Å²) in [5.41, 5.74) is 1.10. The van der Waals surface area contributed by atoms with Crippen LogP contribution in [0.4, 0.5) is 4.39 Å². The van der Waals surface area contributed by atoms with Crippen LogP contribution in [0.25, 0.3) is 0 Å². The van der Waals surface area contributed by atoms with Crippen LogP contribution in [-0.4, -0.2) is 109 Å². The molecule has 2 fully saturated rings. The van der Waals surface area contributed by atoms with Gasteiger partial charge in [-0.1, -0.05) is 12.1 Å². The molecule has 0 aromatic heterocycles. The predicted molar refractivity (Wildman–Crippen MR) is 119 cm³/mol. The van der Waals surface area contributed by atoms with Crippen LogP contribution in [-0.2, 0) is 30.5 Å². The molecule has 3 rings (SSSR count). The number of carboxylic acids is 1. The highest BCUT2D eigenvalue weighted by Crippen LogP contribution is 2.26. The summed E-state index contributed by atoms with van der Waals surface area (Å²) in [7, 11) is 4.99. The molecule has 0 aliphatic carbocycles. The molecular weight excluding hydrogens is 449 g/mol. The van der Waals surface area contributed by atoms with Crippen molar-refractivity contribution in [1.82, 2.24) is 25.1 Å². The molecule has 11 nitrogen and oxygen atoms in total. The number of nitrogens with zero attached hydrogens (tertiary/aromatic N) is 4. The van der Waals surface area contributed by atoms with Crippen molar-refractivity contribution in [2.45, 2.75) is 31.6 Å². The van der Waals surface area contributed by atoms with Crippen LogP contribution in [0.2, 0.25) is 0 Å². The highest BCUT2D eigenvalue weighted by Gasteiger charge is 2.48. The van der Waals surface area contributed by atoms with Gasteiger partial charge in [0, 0.05) is 33.7 Å². The van der Waals surface area contributed by atoms with Crippen LogP contribution in [0.15, 0.2) is 24.3 Å². The number of hydrogen-bond donors (Lipinski definition) is 2. The van der Waals surface area contributed by atoms with Gasteiger partial charge in [-0.05, 0) is 31.2 Å². The van der Waals surface area contributed by atoms with E-state index in [1.807, 2.05) is 7.05 Å². The van der Waals surface area contributed by atoms with E-state index in [4.69, 9.17) is 9.84 Å². The molecule has 2 heterocycles. The monoisotopic (exact) mass is 481 g/mol. The van der Waals surface area contributed by atoms with Crippen LogP contribution in [0.5, 0.6) is 0 Å². The first kappa shape index (κ1) is 27.2. The van der Waals surface area contributed by atoms with Gasteiger partial charge >= 0.3 is 5.97 Å². The SMILES string of the molecule is CNCc1ccc(F)cc1.COCCN1C[C@H]2N(C(=O)CN(C)N2C=O)C(CCC(=O)O)C1=O. The van der Waals surface area contributed by atoms with E-state index < -0.39 is 18.2 Å². The summed E-state index contributed by atoms with van der Waals surface area (Å²) in [5.74, 6) is -1.83. The molecule has 2 aliphatic heterocycles. The standard InChI is InChI=1S/C14H22N4O6.C8H10FN/c1-15-8-12(20)18-10(3-4-13(21)22)14(23)16(5-6-24-2)7-11(18)17(15)9-19;1-10-6-7-2-4-8(9)5-3-7/h9-11H,3-8H2,1-2H3,(H,21,22);2-5,10H,6H2,1H3/t10?,11-;/m1./s1. The maximum absolute atomic E-state index is 12.7. The number of carbonyl (C=O) groups excluding carboxylic acids is 3. The number of amides is 3. The molecule has 34 heavy (non-hydrogen) atoms. The van der Waals surface area contributed by atoms with E-state index in [2.05, 4.69) is 5.32 Å². The van der Waals surface area contributed by atoms with E-state index in [1.54, 1.807) is 19.2 Å². The summed E-state index contributed by atoms with van der Waals surface area (Å²) in [6, 6.07) is 5.58. The summed E-state index contributed by atoms with van der Waals surface area (Å²) in [6.45, 7) is 1.55. The number of hydrazine groups is 1. The Labute approximate surface area is 198 Å². The van der Waals surface area contributed by atoms with E-state index in [-0.39, 0.29) is 43.6 Å². The van der Waals surface area contributed by atoms with Crippen LogP contribution in [0.1, 0.15) is 18.4 Å². The number of carbonyl (C=O) groups is 4. The number of carboxylic acid groups (broad SMARTS) is 1. The third-order valence-electron chi connectivity index (χ3n) is 5.59. The number of ether oxygens (including phenoxy) is 1. The van der Waals surface area contributed by atoms with Crippen LogP contribution in [0, 0.1) is 5.82 Å². The Morgan fingerprint density at radius 3 is 2.53 bits per heavy atom. The first-order chi connectivity index (χ1) is 16.2. The Kier molecular flexibility index (Phi) is 10.4. The van der Waals surface area contributed by atoms with E-state index in [9.17, 15) is 23.6 Å². The molecule has 12 heteroatoms. The second-order valence-corrected chi connectivity index (χ2v) is 7.96. The number of likely N-dealkylation sites (N-methyl/N-ethyl adjacent to an activating group) is 1. The summed E-state index contributed by atoms with van der Waals surface area (Å²) >= 11 is 0. The second kappa shape index (κ2) is 13.0. The van der Waals surface area contributed by atoms with Gasteiger partial charge in [-0.15, -0.1) is 0 Å². The van der Waals surface area contributed by atoms with Crippen LogP contribution < -0.4 is 5.32 Å². The number of rotatable bonds is 9. The minimum atomic E-state index is -1.04. The van der Waals surface area contributed by atoms with Gasteiger partial charge in [0.15, 0.2) is 0 Å². The van der Waals surface area contributed by atoms with Crippen molar-refractivity contribution in [1.29, 1.82) is 0 Å². The number of aliphatic carboxylic acids is 1. The Hall–Kier alpha value is -3.09. The molecule has 188 valence electrons. The van der Waals surface area contributed by atoms with Gasteiger partial charge in [0.2, 0.25) is 18.2 Å². The Morgan fingerprint density at radius 1 is 1.29 bits per heavy atom. The fourth-order valence-electron chi connectivity index (χ4n) is 3.93. The molecule has 2 N–H and O–H groups in total. The molecule has 2 atom stereocenters. The zero-order chi connectivity index (χ0) is 25.3. The smallest absolute Gasteiger partial charge is 0.303 e. The fourth-order valence-corrected chi connectivity index (χ4v) is 3.93. The lowest BCUT2D eigenvalue weighted by molar-refractivity contribution is -0.197. The van der Waals surface area contributed by atoms with Crippen molar-refractivity contribution in [2.75, 3.05) is 47.4 Å². The highest BCUT2D eigenvalue weighted by atomic mass is 19.1. The fraction of sp³-hybridized carbons (Fsp3) is 0.545. The molecule has 0 bridgehead atoms. The zero-order valence-corrected chi connectivity index (χ0v) is 19.6. The number of nitrogens with one attached hydrogen (secondary N) is 1. The normalized spacial score (nSPS) is 20.5. The molecule has 0 spiro atoms. The number of piperazine rings is 1. The minimum absolute atomic E-state index is 0.0102. The largest absolute Gasteiger partial charge is 0.481 e. The number of methoxy groups -OCH3 is 1. The topological polar surface area (TPSA) is 123 Å². The maximum atomic E-state index is 12.7. The maximum Gasteiger partial charge on any atom is 0.303 e. The lowest BCUT2D eigenvalue weighted by Crippen LogP contribution is -2.74. The molecule has 3 amide bonds. The van der Waals surface area contributed by atoms with Crippen molar-refractivity contribution >= 4 is 24.2 Å². The van der Waals surface area contributed by atoms with Crippen molar-refractivity contribution < 1.29 is 33.4 Å². The average Bonchev–Trinajstić information content (AvgIpc) is 2.79. The average molecular weight is 482 g/mol. The van der Waals surface area contributed by atoms with Gasteiger partial charge in [0.25, 0.3) is 0 Å². The van der Waals surface area contributed by atoms with E-state index in [1.165, 1.54) is 39.1 Å². The van der Waals surface area contributed by atoms with Gasteiger partial charge < -0.3 is 25.0 Å². The number of halogens is 1. The molecule has 1 unspecified atom stereocenters. The molecule has 0 radical (unpaired) electrons. The van der Waals surface area contributed by atoms with Crippen molar-refractivity contribution in [2.24, 2.45) is 0 Å². The van der Waals surface area contributed by atoms with Gasteiger partial charge in [-0.2, -0.15) is 0 Å². The van der Waals surface area contributed by atoms with Crippen molar-refractivity contribution in [3.63, 3.8) is 0 Å². The minimum Gasteiger partial charge on any atom is -0.481 e. The molecular formula is C22H32FN5O6. The van der Waals surface area contributed by atoms with Gasteiger partial charge in [0.05, 0.1) is 19.7 Å². The van der Waals surface area contributed by atoms with Crippen molar-refractivity contribution in [3.05, 3.63) is 35.6 Å². The number of fused-ring (bicyclic) bond motifs is 1. The molecule has 0 saturated carbocycles. The first-order valence-electron chi connectivity index (χ1n) is 10.9. The Bertz CT molecular complexity index is 855. The number of benzene rings is 1. The predicted octanol–water partition coefficient (Wildman–Crippen LogP) is -0.273. The van der Waals surface area contributed by atoms with E-state index >= 15 is 0 Å². The third kappa shape index (κ3) is 6.95. The van der Waals surface area contributed by atoms with Crippen LogP contribution in [0.3, 0.4) is 0 Å².